The predicted octanol–water partition coefficient (Wildman–Crippen LogP) is 1.01. The molecule has 110 valence electrons. The molecule has 8 heteroatoms. The van der Waals surface area contributed by atoms with E-state index in [4.69, 9.17) is 0 Å². The number of aromatic nitrogens is 3. The van der Waals surface area contributed by atoms with Gasteiger partial charge < -0.3 is 15.0 Å². The van der Waals surface area contributed by atoms with Crippen molar-refractivity contribution in [2.75, 3.05) is 29.2 Å². The second kappa shape index (κ2) is 5.66. The van der Waals surface area contributed by atoms with E-state index >= 15 is 0 Å². The van der Waals surface area contributed by atoms with Crippen molar-refractivity contribution < 1.29 is 8.42 Å². The zero-order valence-corrected chi connectivity index (χ0v) is 12.6. The summed E-state index contributed by atoms with van der Waals surface area (Å²) < 4.78 is 24.5. The van der Waals surface area contributed by atoms with Crippen LogP contribution in [-0.2, 0) is 9.84 Å². The van der Waals surface area contributed by atoms with Gasteiger partial charge in [-0.2, -0.15) is 0 Å². The van der Waals surface area contributed by atoms with Gasteiger partial charge in [-0.25, -0.2) is 18.4 Å². The first kappa shape index (κ1) is 14.6. The quantitative estimate of drug-likeness (QED) is 0.827. The highest BCUT2D eigenvalue weighted by Gasteiger charge is 2.14. The molecule has 7 nitrogen and oxygen atoms in total. The van der Waals surface area contributed by atoms with Gasteiger partial charge in [-0.15, -0.1) is 0 Å². The summed E-state index contributed by atoms with van der Waals surface area (Å²) in [4.78, 5) is 8.66. The average molecular weight is 297 g/mol. The SMILES string of the molecule is CCNc1cn2ccnc2c(NC(C)CS(C)(=O)=O)n1. The van der Waals surface area contributed by atoms with Gasteiger partial charge in [0.15, 0.2) is 11.5 Å². The Bertz CT molecular complexity index is 695. The third-order valence-electron chi connectivity index (χ3n) is 2.67. The van der Waals surface area contributed by atoms with Crippen LogP contribution in [0.15, 0.2) is 18.6 Å². The first-order valence-corrected chi connectivity index (χ1v) is 8.47. The Morgan fingerprint density at radius 3 is 2.85 bits per heavy atom. The molecule has 1 atom stereocenters. The van der Waals surface area contributed by atoms with Crippen molar-refractivity contribution in [1.82, 2.24) is 14.4 Å². The minimum atomic E-state index is -3.04. The highest BCUT2D eigenvalue weighted by molar-refractivity contribution is 7.90. The molecule has 0 saturated heterocycles. The monoisotopic (exact) mass is 297 g/mol. The number of nitrogens with zero attached hydrogens (tertiary/aromatic N) is 3. The summed E-state index contributed by atoms with van der Waals surface area (Å²) >= 11 is 0. The van der Waals surface area contributed by atoms with Crippen LogP contribution in [0.3, 0.4) is 0 Å². The van der Waals surface area contributed by atoms with E-state index in [9.17, 15) is 8.42 Å². The summed E-state index contributed by atoms with van der Waals surface area (Å²) in [7, 11) is -3.04. The maximum Gasteiger partial charge on any atom is 0.180 e. The van der Waals surface area contributed by atoms with Gasteiger partial charge in [0.25, 0.3) is 0 Å². The van der Waals surface area contributed by atoms with Crippen LogP contribution in [0.2, 0.25) is 0 Å². The van der Waals surface area contributed by atoms with E-state index < -0.39 is 9.84 Å². The van der Waals surface area contributed by atoms with Crippen molar-refractivity contribution in [2.45, 2.75) is 19.9 Å². The van der Waals surface area contributed by atoms with E-state index in [-0.39, 0.29) is 11.8 Å². The summed E-state index contributed by atoms with van der Waals surface area (Å²) in [5.74, 6) is 1.34. The molecule has 1 unspecified atom stereocenters. The number of nitrogens with one attached hydrogen (secondary N) is 2. The van der Waals surface area contributed by atoms with Gasteiger partial charge >= 0.3 is 0 Å². The Morgan fingerprint density at radius 2 is 2.20 bits per heavy atom. The van der Waals surface area contributed by atoms with Crippen molar-refractivity contribution in [3.8, 4) is 0 Å². The van der Waals surface area contributed by atoms with Crippen LogP contribution in [0.1, 0.15) is 13.8 Å². The normalized spacial score (nSPS) is 13.3. The predicted molar refractivity (Wildman–Crippen MR) is 79.9 cm³/mol. The molecule has 2 aromatic rings. The molecule has 0 aliphatic heterocycles. The first-order chi connectivity index (χ1) is 9.39. The van der Waals surface area contributed by atoms with Crippen LogP contribution in [0.25, 0.3) is 5.65 Å². The van der Waals surface area contributed by atoms with Crippen LogP contribution in [-0.4, -0.2) is 47.4 Å². The summed E-state index contributed by atoms with van der Waals surface area (Å²) in [5.41, 5.74) is 0.673. The summed E-state index contributed by atoms with van der Waals surface area (Å²) in [6, 6.07) is -0.241. The molecule has 2 heterocycles. The van der Waals surface area contributed by atoms with E-state index in [2.05, 4.69) is 20.6 Å². The third kappa shape index (κ3) is 3.60. The largest absolute Gasteiger partial charge is 0.369 e. The van der Waals surface area contributed by atoms with Gasteiger partial charge in [-0.1, -0.05) is 0 Å². The molecule has 2 aromatic heterocycles. The van der Waals surface area contributed by atoms with Crippen LogP contribution < -0.4 is 10.6 Å². The number of imidazole rings is 1. The molecule has 2 N–H and O–H groups in total. The summed E-state index contributed by atoms with van der Waals surface area (Å²) in [6.45, 7) is 4.55. The minimum Gasteiger partial charge on any atom is -0.369 e. The lowest BCUT2D eigenvalue weighted by molar-refractivity contribution is 0.598. The van der Waals surface area contributed by atoms with Crippen molar-refractivity contribution in [2.24, 2.45) is 0 Å². The number of hydrogen-bond donors (Lipinski definition) is 2. The zero-order valence-electron chi connectivity index (χ0n) is 11.8. The Hall–Kier alpha value is -1.83. The lowest BCUT2D eigenvalue weighted by Gasteiger charge is -2.15. The number of hydrogen-bond acceptors (Lipinski definition) is 6. The first-order valence-electron chi connectivity index (χ1n) is 6.41. The highest BCUT2D eigenvalue weighted by Crippen LogP contribution is 2.17. The Labute approximate surface area is 118 Å². The topological polar surface area (TPSA) is 88.4 Å². The molecule has 0 aliphatic carbocycles. The lowest BCUT2D eigenvalue weighted by atomic mass is 10.4. The molecule has 0 amide bonds. The minimum absolute atomic E-state index is 0.0486. The second-order valence-corrected chi connectivity index (χ2v) is 6.99. The lowest BCUT2D eigenvalue weighted by Crippen LogP contribution is -2.26. The summed E-state index contributed by atoms with van der Waals surface area (Å²) in [6.07, 6.45) is 6.57. The van der Waals surface area contributed by atoms with Crippen LogP contribution in [0, 0.1) is 0 Å². The van der Waals surface area contributed by atoms with E-state index in [0.717, 1.165) is 6.54 Å². The zero-order chi connectivity index (χ0) is 14.8. The van der Waals surface area contributed by atoms with Gasteiger partial charge in [-0.3, -0.25) is 0 Å². The highest BCUT2D eigenvalue weighted by atomic mass is 32.2. The molecule has 0 spiro atoms. The Morgan fingerprint density at radius 1 is 1.45 bits per heavy atom. The standard InChI is InChI=1S/C12H19N5O2S/c1-4-13-10-7-17-6-5-14-12(17)11(16-10)15-9(2)8-20(3,18)19/h5-7,9,13H,4,8H2,1-3H3,(H,15,16). The number of anilines is 2. The van der Waals surface area contributed by atoms with Crippen LogP contribution >= 0.6 is 0 Å². The summed E-state index contributed by atoms with van der Waals surface area (Å²) in [5, 5.41) is 6.25. The average Bonchev–Trinajstić information content (AvgIpc) is 2.74. The Kier molecular flexibility index (Phi) is 4.12. The smallest absolute Gasteiger partial charge is 0.180 e. The van der Waals surface area contributed by atoms with Crippen LogP contribution in [0.4, 0.5) is 11.6 Å². The fraction of sp³-hybridized carbons (Fsp3) is 0.500. The van der Waals surface area contributed by atoms with Gasteiger partial charge in [0.2, 0.25) is 0 Å². The fourth-order valence-electron chi connectivity index (χ4n) is 2.02. The molecule has 0 bridgehead atoms. The molecule has 0 aromatic carbocycles. The van der Waals surface area contributed by atoms with E-state index in [1.807, 2.05) is 30.6 Å². The number of fused-ring (bicyclic) bond motifs is 1. The fourth-order valence-corrected chi connectivity index (χ4v) is 3.02. The number of sulfone groups is 1. The van der Waals surface area contributed by atoms with E-state index in [0.29, 0.717) is 17.3 Å². The molecule has 20 heavy (non-hydrogen) atoms. The second-order valence-electron chi connectivity index (χ2n) is 4.80. The molecule has 2 rings (SSSR count). The van der Waals surface area contributed by atoms with Crippen LogP contribution in [0.5, 0.6) is 0 Å². The molecule has 0 radical (unpaired) electrons. The van der Waals surface area contributed by atoms with E-state index in [1.54, 1.807) is 6.20 Å². The van der Waals surface area contributed by atoms with Crippen molar-refractivity contribution in [1.29, 1.82) is 0 Å². The van der Waals surface area contributed by atoms with Gasteiger partial charge in [0, 0.05) is 31.2 Å². The van der Waals surface area contributed by atoms with E-state index in [1.165, 1.54) is 6.26 Å². The maximum atomic E-state index is 11.3. The van der Waals surface area contributed by atoms with Crippen molar-refractivity contribution >= 4 is 27.1 Å². The third-order valence-corrected chi connectivity index (χ3v) is 3.77. The molecule has 0 saturated carbocycles. The molecular weight excluding hydrogens is 278 g/mol. The maximum absolute atomic E-state index is 11.3. The van der Waals surface area contributed by atoms with Crippen molar-refractivity contribution in [3.05, 3.63) is 18.6 Å². The molecule has 0 aliphatic rings. The van der Waals surface area contributed by atoms with Gasteiger partial charge in [0.1, 0.15) is 15.7 Å². The molecule has 0 fully saturated rings. The Balaban J connectivity index is 2.29. The van der Waals surface area contributed by atoms with Gasteiger partial charge in [0.05, 0.1) is 11.9 Å². The number of rotatable bonds is 6. The van der Waals surface area contributed by atoms with Gasteiger partial charge in [-0.05, 0) is 13.8 Å². The van der Waals surface area contributed by atoms with Crippen molar-refractivity contribution in [3.63, 3.8) is 0 Å². The molecular formula is C12H19N5O2S.